The van der Waals surface area contributed by atoms with E-state index in [4.69, 9.17) is 4.74 Å². The maximum absolute atomic E-state index is 13.7. The van der Waals surface area contributed by atoms with E-state index < -0.39 is 5.82 Å². The Balaban J connectivity index is 1.49. The number of hydrogen-bond donors (Lipinski definition) is 2. The number of carbonyl (C=O) groups is 1. The van der Waals surface area contributed by atoms with Gasteiger partial charge < -0.3 is 19.6 Å². The summed E-state index contributed by atoms with van der Waals surface area (Å²) in [6.45, 7) is 6.46. The smallest absolute Gasteiger partial charge is 0.260 e. The number of hydrogen-bond acceptors (Lipinski definition) is 4. The first-order chi connectivity index (χ1) is 15.0. The van der Waals surface area contributed by atoms with Crippen LogP contribution in [0.1, 0.15) is 16.8 Å². The number of morpholine rings is 1. The number of ether oxygens (including phenoxy) is 1. The van der Waals surface area contributed by atoms with Crippen LogP contribution in [-0.4, -0.2) is 53.2 Å². The Morgan fingerprint density at radius 3 is 2.77 bits per heavy atom. The number of carbonyl (C=O) groups excluding carboxylic acids is 1. The van der Waals surface area contributed by atoms with Crippen LogP contribution in [0.4, 0.5) is 10.1 Å². The Kier molecular flexibility index (Phi) is 4.95. The van der Waals surface area contributed by atoms with Gasteiger partial charge in [-0.2, -0.15) is 0 Å². The standard InChI is InChI=1S/C23H23FN4O3/c1-14-20(13-17-16-12-15(24)2-3-18(16)26-22(17)29)25-19-4-5-28(23(30)21(14)19)7-6-27-8-10-31-11-9-27/h2-5,12-13,25H,6-11H2,1H3,(H,26,29)/b17-13-. The molecule has 0 spiro atoms. The molecule has 1 fully saturated rings. The second kappa shape index (κ2) is 7.79. The maximum atomic E-state index is 13.7. The van der Waals surface area contributed by atoms with Crippen molar-refractivity contribution in [3.05, 3.63) is 63.5 Å². The summed E-state index contributed by atoms with van der Waals surface area (Å²) in [6, 6.07) is 6.09. The molecular weight excluding hydrogens is 399 g/mol. The molecular formula is C23H23FN4O3. The summed E-state index contributed by atoms with van der Waals surface area (Å²) in [5, 5.41) is 3.36. The fourth-order valence-corrected chi connectivity index (χ4v) is 4.26. The van der Waals surface area contributed by atoms with Crippen LogP contribution in [0.3, 0.4) is 0 Å². The number of H-pyrrole nitrogens is 1. The quantitative estimate of drug-likeness (QED) is 0.634. The molecule has 0 bridgehead atoms. The third kappa shape index (κ3) is 3.58. The molecule has 2 aromatic heterocycles. The zero-order valence-electron chi connectivity index (χ0n) is 17.2. The van der Waals surface area contributed by atoms with E-state index in [1.807, 2.05) is 13.0 Å². The molecule has 1 amide bonds. The van der Waals surface area contributed by atoms with Crippen molar-refractivity contribution in [2.45, 2.75) is 13.5 Å². The highest BCUT2D eigenvalue weighted by atomic mass is 19.1. The predicted octanol–water partition coefficient (Wildman–Crippen LogP) is 2.60. The lowest BCUT2D eigenvalue weighted by molar-refractivity contribution is -0.110. The van der Waals surface area contributed by atoms with Crippen molar-refractivity contribution in [2.24, 2.45) is 0 Å². The van der Waals surface area contributed by atoms with E-state index in [9.17, 15) is 14.0 Å². The van der Waals surface area contributed by atoms with Crippen LogP contribution in [-0.2, 0) is 16.1 Å². The average Bonchev–Trinajstić information content (AvgIpc) is 3.25. The molecule has 0 unspecified atom stereocenters. The third-order valence-electron chi connectivity index (χ3n) is 6.03. The zero-order valence-corrected chi connectivity index (χ0v) is 17.2. The van der Waals surface area contributed by atoms with Crippen LogP contribution in [0.2, 0.25) is 0 Å². The minimum Gasteiger partial charge on any atom is -0.379 e. The van der Waals surface area contributed by atoms with Gasteiger partial charge in [0.15, 0.2) is 0 Å². The highest BCUT2D eigenvalue weighted by Gasteiger charge is 2.25. The highest BCUT2D eigenvalue weighted by molar-refractivity contribution is 6.35. The number of fused-ring (bicyclic) bond motifs is 2. The summed E-state index contributed by atoms with van der Waals surface area (Å²) in [7, 11) is 0. The highest BCUT2D eigenvalue weighted by Crippen LogP contribution is 2.34. The zero-order chi connectivity index (χ0) is 21.5. The van der Waals surface area contributed by atoms with Crippen molar-refractivity contribution in [3.63, 3.8) is 0 Å². The molecule has 5 rings (SSSR count). The lowest BCUT2D eigenvalue weighted by Gasteiger charge is -2.26. The van der Waals surface area contributed by atoms with Crippen molar-refractivity contribution in [1.29, 1.82) is 0 Å². The van der Waals surface area contributed by atoms with E-state index in [1.54, 1.807) is 22.9 Å². The van der Waals surface area contributed by atoms with Crippen molar-refractivity contribution >= 4 is 34.1 Å². The number of anilines is 1. The lowest BCUT2D eigenvalue weighted by atomic mass is 10.0. The van der Waals surface area contributed by atoms with Gasteiger partial charge in [0.05, 0.1) is 29.7 Å². The molecule has 160 valence electrons. The Morgan fingerprint density at radius 2 is 1.97 bits per heavy atom. The Morgan fingerprint density at radius 1 is 1.16 bits per heavy atom. The SMILES string of the molecule is Cc1c(/C=C2\C(=O)Nc3ccc(F)cc32)[nH]c2ccn(CCN3CCOCC3)c(=O)c12. The van der Waals surface area contributed by atoms with Crippen molar-refractivity contribution < 1.29 is 13.9 Å². The summed E-state index contributed by atoms with van der Waals surface area (Å²) >= 11 is 0. The fraction of sp³-hybridized carbons (Fsp3) is 0.304. The largest absolute Gasteiger partial charge is 0.379 e. The Bertz CT molecular complexity index is 1270. The van der Waals surface area contributed by atoms with Crippen LogP contribution in [0.5, 0.6) is 0 Å². The van der Waals surface area contributed by atoms with Crippen molar-refractivity contribution in [3.8, 4) is 0 Å². The van der Waals surface area contributed by atoms with Gasteiger partial charge in [0.2, 0.25) is 0 Å². The number of rotatable bonds is 4. The first kappa shape index (κ1) is 19.7. The molecule has 2 aliphatic rings. The van der Waals surface area contributed by atoms with Gasteiger partial charge in [-0.3, -0.25) is 14.5 Å². The van der Waals surface area contributed by atoms with Crippen LogP contribution >= 0.6 is 0 Å². The molecule has 7 nitrogen and oxygen atoms in total. The molecule has 31 heavy (non-hydrogen) atoms. The second-order valence-electron chi connectivity index (χ2n) is 7.92. The maximum Gasteiger partial charge on any atom is 0.260 e. The van der Waals surface area contributed by atoms with Crippen LogP contribution in [0.15, 0.2) is 35.3 Å². The number of nitrogens with zero attached hydrogens (tertiary/aromatic N) is 2. The number of aromatic amines is 1. The van der Waals surface area contributed by atoms with Crippen molar-refractivity contribution in [1.82, 2.24) is 14.5 Å². The van der Waals surface area contributed by atoms with E-state index in [0.717, 1.165) is 43.9 Å². The molecule has 0 saturated carbocycles. The summed E-state index contributed by atoms with van der Waals surface area (Å²) < 4.78 is 20.8. The van der Waals surface area contributed by atoms with Crippen LogP contribution in [0.25, 0.3) is 22.6 Å². The minimum absolute atomic E-state index is 0.0634. The monoisotopic (exact) mass is 422 g/mol. The first-order valence-electron chi connectivity index (χ1n) is 10.4. The van der Waals surface area contributed by atoms with Crippen molar-refractivity contribution in [2.75, 3.05) is 38.2 Å². The Labute approximate surface area is 178 Å². The number of aryl methyl sites for hydroxylation is 1. The Hall–Kier alpha value is -3.23. The van der Waals surface area contributed by atoms with E-state index in [1.165, 1.54) is 12.1 Å². The van der Waals surface area contributed by atoms with Crippen LogP contribution in [0, 0.1) is 12.7 Å². The summed E-state index contributed by atoms with van der Waals surface area (Å²) in [5.74, 6) is -0.695. The van der Waals surface area contributed by atoms with E-state index in [2.05, 4.69) is 15.2 Å². The summed E-state index contributed by atoms with van der Waals surface area (Å²) in [5.41, 5.74) is 3.56. The van der Waals surface area contributed by atoms with Gasteiger partial charge in [0, 0.05) is 49.3 Å². The topological polar surface area (TPSA) is 79.4 Å². The van der Waals surface area contributed by atoms with Gasteiger partial charge in [-0.1, -0.05) is 0 Å². The number of aromatic nitrogens is 2. The lowest BCUT2D eigenvalue weighted by Crippen LogP contribution is -2.39. The number of benzene rings is 1. The molecule has 4 heterocycles. The normalized spacial score (nSPS) is 18.0. The summed E-state index contributed by atoms with van der Waals surface area (Å²) in [6.07, 6.45) is 3.48. The first-order valence-corrected chi connectivity index (χ1v) is 10.4. The molecule has 1 aromatic carbocycles. The third-order valence-corrected chi connectivity index (χ3v) is 6.03. The molecule has 1 saturated heterocycles. The minimum atomic E-state index is -0.405. The number of pyridine rings is 1. The van der Waals surface area contributed by atoms with Gasteiger partial charge >= 0.3 is 0 Å². The van der Waals surface area contributed by atoms with E-state index in [0.29, 0.717) is 34.4 Å². The van der Waals surface area contributed by atoms with Gasteiger partial charge in [-0.25, -0.2) is 4.39 Å². The molecule has 8 heteroatoms. The average molecular weight is 422 g/mol. The number of halogens is 1. The summed E-state index contributed by atoms with van der Waals surface area (Å²) in [4.78, 5) is 31.1. The van der Waals surface area contributed by atoms with Gasteiger partial charge in [0.1, 0.15) is 5.82 Å². The van der Waals surface area contributed by atoms with Gasteiger partial charge in [-0.05, 0) is 42.8 Å². The molecule has 0 radical (unpaired) electrons. The van der Waals surface area contributed by atoms with E-state index in [-0.39, 0.29) is 11.5 Å². The molecule has 0 aliphatic carbocycles. The van der Waals surface area contributed by atoms with Crippen LogP contribution < -0.4 is 10.9 Å². The fourth-order valence-electron chi connectivity index (χ4n) is 4.26. The molecule has 2 N–H and O–H groups in total. The second-order valence-corrected chi connectivity index (χ2v) is 7.92. The van der Waals surface area contributed by atoms with Gasteiger partial charge in [-0.15, -0.1) is 0 Å². The molecule has 3 aromatic rings. The number of amides is 1. The predicted molar refractivity (Wildman–Crippen MR) is 117 cm³/mol. The molecule has 2 aliphatic heterocycles. The molecule has 0 atom stereocenters. The van der Waals surface area contributed by atoms with E-state index >= 15 is 0 Å². The number of nitrogens with one attached hydrogen (secondary N) is 2. The van der Waals surface area contributed by atoms with Gasteiger partial charge in [0.25, 0.3) is 11.5 Å².